The number of hydrogen-bond acceptors (Lipinski definition) is 3. The van der Waals surface area contributed by atoms with Gasteiger partial charge in [0.05, 0.1) is 0 Å². The van der Waals surface area contributed by atoms with Gasteiger partial charge in [0, 0.05) is 10.6 Å². The molecule has 1 amide bonds. The summed E-state index contributed by atoms with van der Waals surface area (Å²) in [5.74, 6) is 2.93. The molecule has 6 heteroatoms. The van der Waals surface area contributed by atoms with E-state index in [4.69, 9.17) is 28.6 Å². The van der Waals surface area contributed by atoms with Crippen molar-refractivity contribution in [1.29, 1.82) is 0 Å². The third-order valence-electron chi connectivity index (χ3n) is 6.17. The van der Waals surface area contributed by atoms with E-state index in [1.54, 1.807) is 12.1 Å². The van der Waals surface area contributed by atoms with Gasteiger partial charge in [-0.2, -0.15) is 0 Å². The highest BCUT2D eigenvalue weighted by Crippen LogP contribution is 2.55. The predicted octanol–water partition coefficient (Wildman–Crippen LogP) is 3.99. The Hall–Kier alpha value is -1.33. The monoisotopic (exact) mass is 392 g/mol. The van der Waals surface area contributed by atoms with E-state index < -0.39 is 0 Å². The van der Waals surface area contributed by atoms with Crippen molar-refractivity contribution < 1.29 is 9.53 Å². The highest BCUT2D eigenvalue weighted by molar-refractivity contribution is 7.80. The minimum Gasteiger partial charge on any atom is -0.483 e. The number of carbonyl (C=O) groups excluding carboxylic acids is 1. The lowest BCUT2D eigenvalue weighted by molar-refractivity contribution is -0.121. The first-order chi connectivity index (χ1) is 12.4. The number of carbonyl (C=O) groups is 1. The first-order valence-corrected chi connectivity index (χ1v) is 10.2. The molecule has 26 heavy (non-hydrogen) atoms. The minimum atomic E-state index is -0.235. The van der Waals surface area contributed by atoms with Crippen LogP contribution in [0, 0.1) is 24.7 Å². The summed E-state index contributed by atoms with van der Waals surface area (Å²) < 4.78 is 5.59. The second kappa shape index (κ2) is 7.01. The topological polar surface area (TPSA) is 50.4 Å². The molecule has 5 rings (SSSR count). The maximum absolute atomic E-state index is 12.2. The number of ether oxygens (including phenoxy) is 1. The van der Waals surface area contributed by atoms with E-state index in [2.05, 4.69) is 10.6 Å². The Morgan fingerprint density at radius 1 is 1.23 bits per heavy atom. The number of rotatable bonds is 4. The molecule has 4 nitrogen and oxygen atoms in total. The Bertz CT molecular complexity index is 701. The van der Waals surface area contributed by atoms with Gasteiger partial charge in [0.25, 0.3) is 5.91 Å². The Morgan fingerprint density at radius 2 is 1.85 bits per heavy atom. The minimum absolute atomic E-state index is 0.0643. The second-order valence-corrected chi connectivity index (χ2v) is 9.24. The van der Waals surface area contributed by atoms with Gasteiger partial charge in [0.15, 0.2) is 11.7 Å². The van der Waals surface area contributed by atoms with Crippen molar-refractivity contribution in [1.82, 2.24) is 10.6 Å². The summed E-state index contributed by atoms with van der Waals surface area (Å²) >= 11 is 11.4. The van der Waals surface area contributed by atoms with Crippen LogP contribution in [-0.4, -0.2) is 23.2 Å². The lowest BCUT2D eigenvalue weighted by Crippen LogP contribution is -2.62. The summed E-state index contributed by atoms with van der Waals surface area (Å²) in [7, 11) is 0. The van der Waals surface area contributed by atoms with Gasteiger partial charge in [-0.15, -0.1) is 0 Å². The fraction of sp³-hybridized carbons (Fsp3) is 0.600. The zero-order chi connectivity index (χ0) is 18.3. The Morgan fingerprint density at radius 3 is 2.42 bits per heavy atom. The van der Waals surface area contributed by atoms with Crippen LogP contribution >= 0.6 is 23.8 Å². The Kier molecular flexibility index (Phi) is 4.86. The van der Waals surface area contributed by atoms with Crippen molar-refractivity contribution in [3.63, 3.8) is 0 Å². The molecular formula is C20H25ClN2O2S. The van der Waals surface area contributed by atoms with Crippen LogP contribution in [0.3, 0.4) is 0 Å². The fourth-order valence-electron chi connectivity index (χ4n) is 5.62. The van der Waals surface area contributed by atoms with E-state index in [9.17, 15) is 4.79 Å². The van der Waals surface area contributed by atoms with Crippen LogP contribution in [0.2, 0.25) is 5.02 Å². The van der Waals surface area contributed by atoms with Crippen molar-refractivity contribution >= 4 is 34.8 Å². The highest BCUT2D eigenvalue weighted by atomic mass is 35.5. The van der Waals surface area contributed by atoms with Crippen LogP contribution < -0.4 is 15.4 Å². The first kappa shape index (κ1) is 18.1. The lowest BCUT2D eigenvalue weighted by Gasteiger charge is -2.57. The predicted molar refractivity (Wildman–Crippen MR) is 106 cm³/mol. The maximum atomic E-state index is 12.2. The molecule has 4 aliphatic rings. The molecule has 4 fully saturated rings. The van der Waals surface area contributed by atoms with Gasteiger partial charge in [-0.1, -0.05) is 11.6 Å². The number of nitrogens with one attached hydrogen (secondary N) is 2. The van der Waals surface area contributed by atoms with E-state index in [0.717, 1.165) is 23.3 Å². The lowest BCUT2D eigenvalue weighted by atomic mass is 9.53. The number of halogens is 1. The number of hydrogen-bond donors (Lipinski definition) is 2. The van der Waals surface area contributed by atoms with E-state index in [-0.39, 0.29) is 18.1 Å². The molecule has 1 aromatic rings. The molecule has 2 N–H and O–H groups in total. The summed E-state index contributed by atoms with van der Waals surface area (Å²) in [6, 6.07) is 5.34. The molecule has 0 atom stereocenters. The molecule has 4 saturated carbocycles. The van der Waals surface area contributed by atoms with Crippen LogP contribution in [-0.2, 0) is 4.79 Å². The third-order valence-corrected chi connectivity index (χ3v) is 6.60. The quantitative estimate of drug-likeness (QED) is 0.761. The number of amides is 1. The van der Waals surface area contributed by atoms with Crippen LogP contribution in [0.5, 0.6) is 5.75 Å². The molecule has 0 radical (unpaired) electrons. The molecular weight excluding hydrogens is 368 g/mol. The molecule has 0 unspecified atom stereocenters. The van der Waals surface area contributed by atoms with Crippen molar-refractivity contribution in [2.75, 3.05) is 6.61 Å². The summed E-state index contributed by atoms with van der Waals surface area (Å²) in [6.45, 7) is 1.84. The zero-order valence-electron chi connectivity index (χ0n) is 15.0. The summed E-state index contributed by atoms with van der Waals surface area (Å²) in [6.07, 6.45) is 7.72. The molecule has 0 aromatic heterocycles. The molecule has 0 spiro atoms. The van der Waals surface area contributed by atoms with Crippen molar-refractivity contribution in [2.24, 2.45) is 17.8 Å². The van der Waals surface area contributed by atoms with Gasteiger partial charge >= 0.3 is 0 Å². The largest absolute Gasteiger partial charge is 0.483 e. The van der Waals surface area contributed by atoms with Gasteiger partial charge in [0.2, 0.25) is 0 Å². The fourth-order valence-corrected chi connectivity index (χ4v) is 6.17. The van der Waals surface area contributed by atoms with Crippen LogP contribution in [0.15, 0.2) is 18.2 Å². The second-order valence-electron chi connectivity index (χ2n) is 8.40. The smallest absolute Gasteiger partial charge is 0.264 e. The molecule has 140 valence electrons. The van der Waals surface area contributed by atoms with Gasteiger partial charge in [0.1, 0.15) is 5.75 Å². The number of aryl methyl sites for hydroxylation is 1. The average molecular weight is 393 g/mol. The van der Waals surface area contributed by atoms with Crippen LogP contribution in [0.4, 0.5) is 0 Å². The molecule has 0 aliphatic heterocycles. The van der Waals surface area contributed by atoms with Crippen molar-refractivity contribution in [2.45, 2.75) is 51.0 Å². The maximum Gasteiger partial charge on any atom is 0.264 e. The first-order valence-electron chi connectivity index (χ1n) is 9.42. The highest BCUT2D eigenvalue weighted by Gasteiger charge is 2.51. The molecule has 1 aromatic carbocycles. The summed E-state index contributed by atoms with van der Waals surface area (Å²) in [5, 5.41) is 7.38. The molecule has 0 heterocycles. The Balaban J connectivity index is 1.29. The zero-order valence-corrected chi connectivity index (χ0v) is 16.6. The normalized spacial score (nSPS) is 31.5. The molecule has 4 aliphatic carbocycles. The van der Waals surface area contributed by atoms with E-state index >= 15 is 0 Å². The molecule has 0 saturated heterocycles. The van der Waals surface area contributed by atoms with E-state index in [0.29, 0.717) is 15.9 Å². The number of thiocarbonyl (C=S) groups is 1. The van der Waals surface area contributed by atoms with E-state index in [1.165, 1.54) is 38.5 Å². The Labute approximate surface area is 165 Å². The third kappa shape index (κ3) is 3.84. The van der Waals surface area contributed by atoms with E-state index in [1.807, 2.05) is 13.0 Å². The van der Waals surface area contributed by atoms with Crippen LogP contribution in [0.25, 0.3) is 0 Å². The van der Waals surface area contributed by atoms with Crippen molar-refractivity contribution in [3.8, 4) is 5.75 Å². The SMILES string of the molecule is Cc1cc(Cl)ccc1OCC(=O)NC(=S)NC12CC3CC(CC(C3)C1)C2. The summed E-state index contributed by atoms with van der Waals surface area (Å²) in [4.78, 5) is 12.2. The number of benzene rings is 1. The van der Waals surface area contributed by atoms with Gasteiger partial charge in [-0.05, 0) is 99.2 Å². The van der Waals surface area contributed by atoms with Gasteiger partial charge < -0.3 is 15.4 Å². The van der Waals surface area contributed by atoms with Crippen LogP contribution in [0.1, 0.15) is 44.1 Å². The summed E-state index contributed by atoms with van der Waals surface area (Å²) in [5.41, 5.74) is 1.01. The average Bonchev–Trinajstić information content (AvgIpc) is 2.51. The van der Waals surface area contributed by atoms with Crippen molar-refractivity contribution in [3.05, 3.63) is 28.8 Å². The van der Waals surface area contributed by atoms with Gasteiger partial charge in [-0.3, -0.25) is 4.79 Å². The standard InChI is InChI=1S/C20H25ClN2O2S/c1-12-4-16(21)2-3-17(12)25-11-18(24)22-19(26)23-20-8-13-5-14(9-20)7-15(6-13)10-20/h2-4,13-15H,5-11H2,1H3,(H2,22,23,24,26). The van der Waals surface area contributed by atoms with Gasteiger partial charge in [-0.25, -0.2) is 0 Å². The molecule has 4 bridgehead atoms.